The zero-order valence-corrected chi connectivity index (χ0v) is 11.3. The van der Waals surface area contributed by atoms with E-state index in [-0.39, 0.29) is 5.91 Å². The Hall–Kier alpha value is -1.88. The summed E-state index contributed by atoms with van der Waals surface area (Å²) in [5.74, 6) is 0.112. The number of carbonyl (C=O) groups is 1. The van der Waals surface area contributed by atoms with Gasteiger partial charge in [0.05, 0.1) is 5.52 Å². The van der Waals surface area contributed by atoms with E-state index in [0.717, 1.165) is 42.6 Å². The van der Waals surface area contributed by atoms with Gasteiger partial charge in [-0.1, -0.05) is 6.07 Å². The molecule has 0 atom stereocenters. The van der Waals surface area contributed by atoms with E-state index in [1.807, 2.05) is 36.3 Å². The quantitative estimate of drug-likeness (QED) is 0.765. The normalized spacial score (nSPS) is 17.1. The fourth-order valence-corrected chi connectivity index (χ4v) is 2.46. The highest BCUT2D eigenvalue weighted by Crippen LogP contribution is 2.16. The Morgan fingerprint density at radius 1 is 1.16 bits per heavy atom. The van der Waals surface area contributed by atoms with Crippen LogP contribution in [0.5, 0.6) is 0 Å². The van der Waals surface area contributed by atoms with Crippen LogP contribution in [0.25, 0.3) is 10.9 Å². The fourth-order valence-electron chi connectivity index (χ4n) is 2.46. The van der Waals surface area contributed by atoms with Crippen molar-refractivity contribution in [3.63, 3.8) is 0 Å². The van der Waals surface area contributed by atoms with E-state index in [0.29, 0.717) is 0 Å². The van der Waals surface area contributed by atoms with Gasteiger partial charge in [0.1, 0.15) is 0 Å². The van der Waals surface area contributed by atoms with Gasteiger partial charge in [-0.15, -0.1) is 0 Å². The lowest BCUT2D eigenvalue weighted by Gasteiger charge is -2.32. The molecular formula is C14H18N4O. The number of hydrogen-bond acceptors (Lipinski definition) is 3. The summed E-state index contributed by atoms with van der Waals surface area (Å²) in [4.78, 5) is 16.6. The maximum Gasteiger partial charge on any atom is 0.254 e. The summed E-state index contributed by atoms with van der Waals surface area (Å²) in [5.41, 5.74) is 1.61. The molecule has 1 aromatic carbocycles. The van der Waals surface area contributed by atoms with Gasteiger partial charge < -0.3 is 9.80 Å². The molecule has 5 nitrogen and oxygen atoms in total. The molecule has 19 heavy (non-hydrogen) atoms. The highest BCUT2D eigenvalue weighted by Gasteiger charge is 2.20. The largest absolute Gasteiger partial charge is 0.336 e. The Bertz CT molecular complexity index is 611. The van der Waals surface area contributed by atoms with E-state index < -0.39 is 0 Å². The fraction of sp³-hybridized carbons (Fsp3) is 0.429. The predicted octanol–water partition coefficient (Wildman–Crippen LogP) is 0.961. The van der Waals surface area contributed by atoms with E-state index in [1.165, 1.54) is 0 Å². The molecule has 1 aliphatic heterocycles. The van der Waals surface area contributed by atoms with Crippen LogP contribution in [-0.4, -0.2) is 58.7 Å². The van der Waals surface area contributed by atoms with Crippen LogP contribution in [0.3, 0.4) is 0 Å². The molecule has 0 aliphatic carbocycles. The van der Waals surface area contributed by atoms with E-state index in [9.17, 15) is 4.79 Å². The predicted molar refractivity (Wildman–Crippen MR) is 74.1 cm³/mol. The van der Waals surface area contributed by atoms with Crippen molar-refractivity contribution in [3.8, 4) is 0 Å². The first-order valence-electron chi connectivity index (χ1n) is 6.55. The number of aromatic nitrogens is 2. The summed E-state index contributed by atoms with van der Waals surface area (Å²) < 4.78 is 1.77. The molecule has 1 aromatic heterocycles. The Kier molecular flexibility index (Phi) is 2.98. The van der Waals surface area contributed by atoms with Crippen molar-refractivity contribution in [2.45, 2.75) is 0 Å². The van der Waals surface area contributed by atoms with E-state index in [4.69, 9.17) is 0 Å². The van der Waals surface area contributed by atoms with Crippen molar-refractivity contribution in [2.75, 3.05) is 33.2 Å². The van der Waals surface area contributed by atoms with Gasteiger partial charge >= 0.3 is 0 Å². The van der Waals surface area contributed by atoms with E-state index in [2.05, 4.69) is 17.0 Å². The first kappa shape index (κ1) is 12.2. The Labute approximate surface area is 112 Å². The molecule has 3 rings (SSSR count). The lowest BCUT2D eigenvalue weighted by atomic mass is 10.1. The molecule has 1 amide bonds. The Morgan fingerprint density at radius 2 is 1.89 bits per heavy atom. The van der Waals surface area contributed by atoms with Gasteiger partial charge in [0.25, 0.3) is 5.91 Å². The summed E-state index contributed by atoms with van der Waals surface area (Å²) in [5, 5.41) is 5.42. The van der Waals surface area contributed by atoms with Gasteiger partial charge in [0, 0.05) is 50.4 Å². The smallest absolute Gasteiger partial charge is 0.254 e. The molecule has 5 heteroatoms. The van der Waals surface area contributed by atoms with Gasteiger partial charge in [0.15, 0.2) is 0 Å². The minimum absolute atomic E-state index is 0.112. The number of aryl methyl sites for hydroxylation is 1. The van der Waals surface area contributed by atoms with Crippen LogP contribution in [0.1, 0.15) is 10.4 Å². The molecule has 1 aliphatic rings. The molecule has 2 aromatic rings. The van der Waals surface area contributed by atoms with Crippen LogP contribution in [0, 0.1) is 0 Å². The highest BCUT2D eigenvalue weighted by atomic mass is 16.2. The monoisotopic (exact) mass is 258 g/mol. The molecule has 0 bridgehead atoms. The van der Waals surface area contributed by atoms with Crippen LogP contribution in [0.2, 0.25) is 0 Å². The van der Waals surface area contributed by atoms with Crippen molar-refractivity contribution in [1.82, 2.24) is 19.6 Å². The zero-order valence-electron chi connectivity index (χ0n) is 11.3. The second kappa shape index (κ2) is 4.66. The molecule has 0 N–H and O–H groups in total. The number of hydrogen-bond donors (Lipinski definition) is 0. The number of amides is 1. The maximum atomic E-state index is 12.4. The van der Waals surface area contributed by atoms with Crippen molar-refractivity contribution in [1.29, 1.82) is 0 Å². The van der Waals surface area contributed by atoms with Gasteiger partial charge in [-0.2, -0.15) is 5.10 Å². The third-order valence-electron chi connectivity index (χ3n) is 3.66. The minimum atomic E-state index is 0.112. The Balaban J connectivity index is 1.84. The van der Waals surface area contributed by atoms with Gasteiger partial charge in [0.2, 0.25) is 0 Å². The average molecular weight is 258 g/mol. The van der Waals surface area contributed by atoms with E-state index >= 15 is 0 Å². The minimum Gasteiger partial charge on any atom is -0.336 e. The van der Waals surface area contributed by atoms with Crippen molar-refractivity contribution >= 4 is 16.8 Å². The number of benzene rings is 1. The molecule has 0 saturated carbocycles. The number of nitrogens with zero attached hydrogens (tertiary/aromatic N) is 4. The van der Waals surface area contributed by atoms with Crippen LogP contribution in [-0.2, 0) is 7.05 Å². The molecular weight excluding hydrogens is 240 g/mol. The van der Waals surface area contributed by atoms with Gasteiger partial charge in [-0.05, 0) is 19.2 Å². The molecule has 0 radical (unpaired) electrons. The molecule has 1 fully saturated rings. The number of likely N-dealkylation sites (N-methyl/N-ethyl adjacent to an activating group) is 1. The van der Waals surface area contributed by atoms with Crippen molar-refractivity contribution in [3.05, 3.63) is 30.0 Å². The van der Waals surface area contributed by atoms with Crippen molar-refractivity contribution < 1.29 is 4.79 Å². The average Bonchev–Trinajstić information content (AvgIpc) is 2.77. The zero-order chi connectivity index (χ0) is 13.4. The maximum absolute atomic E-state index is 12.4. The lowest BCUT2D eigenvalue weighted by molar-refractivity contribution is 0.0664. The Morgan fingerprint density at radius 3 is 2.63 bits per heavy atom. The van der Waals surface area contributed by atoms with Crippen LogP contribution >= 0.6 is 0 Å². The molecule has 2 heterocycles. The summed E-state index contributed by atoms with van der Waals surface area (Å²) in [6.07, 6.45) is 1.96. The van der Waals surface area contributed by atoms with E-state index in [1.54, 1.807) is 4.68 Å². The summed E-state index contributed by atoms with van der Waals surface area (Å²) in [6.45, 7) is 3.49. The number of fused-ring (bicyclic) bond motifs is 1. The van der Waals surface area contributed by atoms with Crippen LogP contribution in [0.15, 0.2) is 24.4 Å². The summed E-state index contributed by atoms with van der Waals surface area (Å²) in [7, 11) is 3.98. The third kappa shape index (κ3) is 2.33. The second-order valence-electron chi connectivity index (χ2n) is 5.17. The van der Waals surface area contributed by atoms with Crippen molar-refractivity contribution in [2.24, 2.45) is 7.05 Å². The highest BCUT2D eigenvalue weighted by molar-refractivity contribution is 5.97. The summed E-state index contributed by atoms with van der Waals surface area (Å²) in [6, 6.07) is 5.74. The lowest BCUT2D eigenvalue weighted by Crippen LogP contribution is -2.47. The number of carbonyl (C=O) groups excluding carboxylic acids is 1. The van der Waals surface area contributed by atoms with Crippen LogP contribution < -0.4 is 0 Å². The van der Waals surface area contributed by atoms with Crippen LogP contribution in [0.4, 0.5) is 0 Å². The summed E-state index contributed by atoms with van der Waals surface area (Å²) >= 11 is 0. The number of piperazine rings is 1. The second-order valence-corrected chi connectivity index (χ2v) is 5.17. The SMILES string of the molecule is CN1CCN(C(=O)c2ccc3cn(C)nc3c2)CC1. The molecule has 0 unspecified atom stereocenters. The first-order chi connectivity index (χ1) is 9.13. The topological polar surface area (TPSA) is 41.4 Å². The third-order valence-corrected chi connectivity index (χ3v) is 3.66. The molecule has 1 saturated heterocycles. The van der Waals surface area contributed by atoms with Gasteiger partial charge in [-0.3, -0.25) is 9.48 Å². The molecule has 100 valence electrons. The first-order valence-corrected chi connectivity index (χ1v) is 6.55. The van der Waals surface area contributed by atoms with Gasteiger partial charge in [-0.25, -0.2) is 0 Å². The number of rotatable bonds is 1. The molecule has 0 spiro atoms. The standard InChI is InChI=1S/C14H18N4O/c1-16-5-7-18(8-6-16)14(19)11-3-4-12-10-17(2)15-13(12)9-11/h3-4,9-10H,5-8H2,1-2H3.